The number of nitrogens with one attached hydrogen (secondary N) is 1. The van der Waals surface area contributed by atoms with E-state index in [1.54, 1.807) is 42.5 Å². The Hall–Kier alpha value is -2.07. The predicted molar refractivity (Wildman–Crippen MR) is 76.2 cm³/mol. The van der Waals surface area contributed by atoms with E-state index in [9.17, 15) is 9.18 Å². The highest BCUT2D eigenvalue weighted by molar-refractivity contribution is 6.30. The van der Waals surface area contributed by atoms with E-state index in [0.29, 0.717) is 10.6 Å². The number of benzene rings is 2. The Morgan fingerprint density at radius 1 is 1.25 bits per heavy atom. The van der Waals surface area contributed by atoms with Gasteiger partial charge < -0.3 is 10.1 Å². The van der Waals surface area contributed by atoms with Crippen LogP contribution in [0, 0.1) is 5.82 Å². The Kier molecular flexibility index (Phi) is 4.58. The van der Waals surface area contributed by atoms with Crippen LogP contribution in [0.2, 0.25) is 5.02 Å². The zero-order valence-corrected chi connectivity index (χ0v) is 11.5. The van der Waals surface area contributed by atoms with Crippen molar-refractivity contribution in [1.29, 1.82) is 0 Å². The standard InChI is InChI=1S/C15H13ClFNO2/c1-20-15(19)14(10-5-4-6-11(16)9-10)18-13-8-3-2-7-12(13)17/h2-9,14,18H,1H3. The van der Waals surface area contributed by atoms with Crippen molar-refractivity contribution in [3.8, 4) is 0 Å². The van der Waals surface area contributed by atoms with Crippen LogP contribution in [0.3, 0.4) is 0 Å². The van der Waals surface area contributed by atoms with Crippen LogP contribution in [0.15, 0.2) is 48.5 Å². The zero-order chi connectivity index (χ0) is 14.5. The van der Waals surface area contributed by atoms with Gasteiger partial charge in [-0.3, -0.25) is 0 Å². The van der Waals surface area contributed by atoms with Gasteiger partial charge in [-0.15, -0.1) is 0 Å². The monoisotopic (exact) mass is 293 g/mol. The smallest absolute Gasteiger partial charge is 0.332 e. The first-order chi connectivity index (χ1) is 9.61. The largest absolute Gasteiger partial charge is 0.467 e. The summed E-state index contributed by atoms with van der Waals surface area (Å²) in [6, 6.07) is 12.1. The Morgan fingerprint density at radius 2 is 2.00 bits per heavy atom. The molecular formula is C15H13ClFNO2. The lowest BCUT2D eigenvalue weighted by molar-refractivity contribution is -0.141. The van der Waals surface area contributed by atoms with Gasteiger partial charge >= 0.3 is 5.97 Å². The van der Waals surface area contributed by atoms with Crippen molar-refractivity contribution in [3.63, 3.8) is 0 Å². The third kappa shape index (κ3) is 3.27. The summed E-state index contributed by atoms with van der Waals surface area (Å²) in [4.78, 5) is 11.9. The Labute approximate surface area is 121 Å². The van der Waals surface area contributed by atoms with Crippen molar-refractivity contribution in [2.45, 2.75) is 6.04 Å². The molecule has 0 aromatic heterocycles. The van der Waals surface area contributed by atoms with E-state index in [-0.39, 0.29) is 5.69 Å². The number of anilines is 1. The second-order valence-electron chi connectivity index (χ2n) is 4.14. The third-order valence-corrected chi connectivity index (χ3v) is 3.03. The molecule has 0 aliphatic rings. The first-order valence-electron chi connectivity index (χ1n) is 5.96. The molecule has 0 amide bonds. The van der Waals surface area contributed by atoms with Gasteiger partial charge in [0.25, 0.3) is 0 Å². The maximum atomic E-state index is 13.7. The van der Waals surface area contributed by atoms with Crippen LogP contribution < -0.4 is 5.32 Å². The van der Waals surface area contributed by atoms with E-state index in [2.05, 4.69) is 5.32 Å². The fraction of sp³-hybridized carbons (Fsp3) is 0.133. The van der Waals surface area contributed by atoms with Gasteiger partial charge in [0, 0.05) is 5.02 Å². The number of carbonyl (C=O) groups is 1. The molecule has 0 radical (unpaired) electrons. The molecule has 1 atom stereocenters. The lowest BCUT2D eigenvalue weighted by Gasteiger charge is -2.18. The van der Waals surface area contributed by atoms with Crippen LogP contribution in [-0.2, 0) is 9.53 Å². The number of hydrogen-bond donors (Lipinski definition) is 1. The summed E-state index contributed by atoms with van der Waals surface area (Å²) in [6.07, 6.45) is 0. The Balaban J connectivity index is 2.34. The van der Waals surface area contributed by atoms with E-state index >= 15 is 0 Å². The normalized spacial score (nSPS) is 11.8. The number of rotatable bonds is 4. The minimum atomic E-state index is -0.824. The van der Waals surface area contributed by atoms with Crippen molar-refractivity contribution in [3.05, 3.63) is 64.9 Å². The third-order valence-electron chi connectivity index (χ3n) is 2.79. The van der Waals surface area contributed by atoms with Crippen molar-refractivity contribution >= 4 is 23.3 Å². The molecular weight excluding hydrogens is 281 g/mol. The average Bonchev–Trinajstić information content (AvgIpc) is 2.45. The highest BCUT2D eigenvalue weighted by Crippen LogP contribution is 2.24. The zero-order valence-electron chi connectivity index (χ0n) is 10.8. The van der Waals surface area contributed by atoms with Gasteiger partial charge in [-0.05, 0) is 29.8 Å². The summed E-state index contributed by atoms with van der Waals surface area (Å²) in [5.74, 6) is -0.959. The molecule has 0 bridgehead atoms. The van der Waals surface area contributed by atoms with E-state index < -0.39 is 17.8 Å². The summed E-state index contributed by atoms with van der Waals surface area (Å²) in [5, 5.41) is 3.33. The number of para-hydroxylation sites is 1. The predicted octanol–water partition coefficient (Wildman–Crippen LogP) is 3.81. The second-order valence-corrected chi connectivity index (χ2v) is 4.57. The molecule has 5 heteroatoms. The van der Waals surface area contributed by atoms with Crippen molar-refractivity contribution < 1.29 is 13.9 Å². The highest BCUT2D eigenvalue weighted by Gasteiger charge is 2.22. The fourth-order valence-corrected chi connectivity index (χ4v) is 2.01. The quantitative estimate of drug-likeness (QED) is 0.871. The van der Waals surface area contributed by atoms with Gasteiger partial charge in [0.2, 0.25) is 0 Å². The van der Waals surface area contributed by atoms with Gasteiger partial charge in [-0.2, -0.15) is 0 Å². The van der Waals surface area contributed by atoms with Gasteiger partial charge in [0.1, 0.15) is 5.82 Å². The molecule has 20 heavy (non-hydrogen) atoms. The maximum Gasteiger partial charge on any atom is 0.332 e. The lowest BCUT2D eigenvalue weighted by Crippen LogP contribution is -2.22. The van der Waals surface area contributed by atoms with Crippen LogP contribution in [0.25, 0.3) is 0 Å². The molecule has 2 rings (SSSR count). The first kappa shape index (κ1) is 14.3. The Bertz CT molecular complexity index is 618. The molecule has 0 saturated heterocycles. The molecule has 2 aromatic carbocycles. The lowest BCUT2D eigenvalue weighted by atomic mass is 10.1. The molecule has 1 N–H and O–H groups in total. The Morgan fingerprint density at radius 3 is 2.65 bits per heavy atom. The minimum Gasteiger partial charge on any atom is -0.467 e. The van der Waals surface area contributed by atoms with Crippen LogP contribution in [0.5, 0.6) is 0 Å². The summed E-state index contributed by atoms with van der Waals surface area (Å²) in [7, 11) is 1.28. The molecule has 3 nitrogen and oxygen atoms in total. The number of esters is 1. The van der Waals surface area contributed by atoms with E-state index in [0.717, 1.165) is 0 Å². The molecule has 0 saturated carbocycles. The molecule has 0 aliphatic heterocycles. The van der Waals surface area contributed by atoms with Crippen LogP contribution >= 0.6 is 11.6 Å². The topological polar surface area (TPSA) is 38.3 Å². The van der Waals surface area contributed by atoms with Crippen LogP contribution in [0.4, 0.5) is 10.1 Å². The van der Waals surface area contributed by atoms with E-state index in [4.69, 9.17) is 16.3 Å². The van der Waals surface area contributed by atoms with Crippen LogP contribution in [0.1, 0.15) is 11.6 Å². The van der Waals surface area contributed by atoms with Crippen molar-refractivity contribution in [2.24, 2.45) is 0 Å². The second kappa shape index (κ2) is 6.39. The van der Waals surface area contributed by atoms with Gasteiger partial charge in [0.15, 0.2) is 6.04 Å². The van der Waals surface area contributed by atoms with E-state index in [1.807, 2.05) is 0 Å². The van der Waals surface area contributed by atoms with Gasteiger partial charge in [-0.1, -0.05) is 35.9 Å². The van der Waals surface area contributed by atoms with Gasteiger partial charge in [0.05, 0.1) is 12.8 Å². The number of methoxy groups -OCH3 is 1. The molecule has 0 aliphatic carbocycles. The van der Waals surface area contributed by atoms with Crippen molar-refractivity contribution in [2.75, 3.05) is 12.4 Å². The molecule has 1 unspecified atom stereocenters. The summed E-state index contributed by atoms with van der Waals surface area (Å²) in [6.45, 7) is 0. The van der Waals surface area contributed by atoms with Gasteiger partial charge in [-0.25, -0.2) is 9.18 Å². The van der Waals surface area contributed by atoms with Crippen LogP contribution in [-0.4, -0.2) is 13.1 Å². The number of carbonyl (C=O) groups excluding carboxylic acids is 1. The summed E-state index contributed by atoms with van der Waals surface area (Å²) in [5.41, 5.74) is 0.829. The number of hydrogen-bond acceptors (Lipinski definition) is 3. The number of ether oxygens (including phenoxy) is 1. The number of halogens is 2. The SMILES string of the molecule is COC(=O)C(Nc1ccccc1F)c1cccc(Cl)c1. The maximum absolute atomic E-state index is 13.7. The molecule has 0 fully saturated rings. The molecule has 2 aromatic rings. The first-order valence-corrected chi connectivity index (χ1v) is 6.34. The molecule has 0 spiro atoms. The molecule has 0 heterocycles. The highest BCUT2D eigenvalue weighted by atomic mass is 35.5. The summed E-state index contributed by atoms with van der Waals surface area (Å²) >= 11 is 5.92. The van der Waals surface area contributed by atoms with Crippen molar-refractivity contribution in [1.82, 2.24) is 0 Å². The molecule has 104 valence electrons. The average molecular weight is 294 g/mol. The summed E-state index contributed by atoms with van der Waals surface area (Å²) < 4.78 is 18.4. The minimum absolute atomic E-state index is 0.225. The van der Waals surface area contributed by atoms with E-state index in [1.165, 1.54) is 13.2 Å². The fourth-order valence-electron chi connectivity index (χ4n) is 1.82.